The van der Waals surface area contributed by atoms with Crippen molar-refractivity contribution in [2.45, 2.75) is 24.5 Å². The summed E-state index contributed by atoms with van der Waals surface area (Å²) < 4.78 is 5.44. The number of hydrogen-bond acceptors (Lipinski definition) is 6. The lowest BCUT2D eigenvalue weighted by Gasteiger charge is -2.29. The van der Waals surface area contributed by atoms with Crippen molar-refractivity contribution in [1.29, 1.82) is 0 Å². The monoisotopic (exact) mass is 483 g/mol. The first-order valence-electron chi connectivity index (χ1n) is 11.9. The van der Waals surface area contributed by atoms with Gasteiger partial charge in [0, 0.05) is 22.9 Å². The van der Waals surface area contributed by atoms with Crippen molar-refractivity contribution in [3.63, 3.8) is 0 Å². The van der Waals surface area contributed by atoms with Crippen LogP contribution in [-0.4, -0.2) is 40.9 Å². The fraction of sp³-hybridized carbons (Fsp3) is 0.250. The van der Waals surface area contributed by atoms with Gasteiger partial charge in [-0.05, 0) is 36.2 Å². The number of benzene rings is 3. The molecule has 0 saturated carbocycles. The van der Waals surface area contributed by atoms with Crippen LogP contribution in [0.25, 0.3) is 0 Å². The van der Waals surface area contributed by atoms with Gasteiger partial charge in [-0.2, -0.15) is 0 Å². The number of amides is 3. The average molecular weight is 484 g/mol. The first-order valence-corrected chi connectivity index (χ1v) is 11.9. The number of nitrogens with one attached hydrogen (secondary N) is 2. The Bertz CT molecular complexity index is 1390. The highest BCUT2D eigenvalue weighted by atomic mass is 16.5. The molecule has 182 valence electrons. The first kappa shape index (κ1) is 22.3. The van der Waals surface area contributed by atoms with Gasteiger partial charge >= 0.3 is 0 Å². The number of methoxy groups -OCH3 is 1. The number of fused-ring (bicyclic) bond motifs is 4. The van der Waals surface area contributed by atoms with Crippen LogP contribution in [0.1, 0.15) is 16.7 Å². The van der Waals surface area contributed by atoms with E-state index in [0.29, 0.717) is 23.4 Å². The highest BCUT2D eigenvalue weighted by molar-refractivity contribution is 6.15. The lowest BCUT2D eigenvalue weighted by atomic mass is 9.76. The zero-order valence-corrected chi connectivity index (χ0v) is 19.6. The number of hydrogen-bond donors (Lipinski definition) is 3. The van der Waals surface area contributed by atoms with Gasteiger partial charge in [0.25, 0.3) is 0 Å². The van der Waals surface area contributed by atoms with Crippen LogP contribution in [0.3, 0.4) is 0 Å². The number of phenols is 1. The molecule has 2 fully saturated rings. The molecule has 0 aromatic heterocycles. The minimum Gasteiger partial charge on any atom is -0.508 e. The number of rotatable bonds is 5. The number of nitrogens with zero attached hydrogens (tertiary/aromatic N) is 1. The van der Waals surface area contributed by atoms with Gasteiger partial charge in [-0.15, -0.1) is 0 Å². The predicted octanol–water partition coefficient (Wildman–Crippen LogP) is 2.56. The van der Waals surface area contributed by atoms with Gasteiger partial charge in [0.1, 0.15) is 17.0 Å². The second kappa shape index (κ2) is 8.20. The van der Waals surface area contributed by atoms with Crippen LogP contribution in [0.4, 0.5) is 5.69 Å². The molecular weight excluding hydrogens is 458 g/mol. The molecule has 0 bridgehead atoms. The van der Waals surface area contributed by atoms with E-state index < -0.39 is 23.4 Å². The Morgan fingerprint density at radius 3 is 2.44 bits per heavy atom. The largest absolute Gasteiger partial charge is 0.508 e. The van der Waals surface area contributed by atoms with Gasteiger partial charge < -0.3 is 15.2 Å². The van der Waals surface area contributed by atoms with Crippen LogP contribution < -0.4 is 15.4 Å². The van der Waals surface area contributed by atoms with E-state index in [4.69, 9.17) is 4.74 Å². The second-order valence-corrected chi connectivity index (χ2v) is 9.51. The van der Waals surface area contributed by atoms with E-state index in [9.17, 15) is 19.5 Å². The minimum atomic E-state index is -1.34. The zero-order valence-electron chi connectivity index (χ0n) is 19.6. The predicted molar refractivity (Wildman–Crippen MR) is 131 cm³/mol. The normalized spacial score (nSPS) is 26.3. The van der Waals surface area contributed by atoms with E-state index in [-0.39, 0.29) is 30.0 Å². The Morgan fingerprint density at radius 2 is 1.67 bits per heavy atom. The highest BCUT2D eigenvalue weighted by Gasteiger charge is 2.70. The third-order valence-electron chi connectivity index (χ3n) is 7.63. The summed E-state index contributed by atoms with van der Waals surface area (Å²) >= 11 is 0. The van der Waals surface area contributed by atoms with Crippen LogP contribution in [0.5, 0.6) is 11.5 Å². The quantitative estimate of drug-likeness (QED) is 0.482. The molecule has 8 nitrogen and oxygen atoms in total. The maximum atomic E-state index is 14.0. The van der Waals surface area contributed by atoms with E-state index in [1.54, 1.807) is 43.5 Å². The van der Waals surface area contributed by atoms with Crippen molar-refractivity contribution < 1.29 is 24.2 Å². The number of phenolic OH excluding ortho intramolecular Hbond substituents is 1. The molecule has 3 amide bonds. The van der Waals surface area contributed by atoms with Gasteiger partial charge in [0.05, 0.1) is 25.5 Å². The number of para-hydroxylation sites is 2. The summed E-state index contributed by atoms with van der Waals surface area (Å²) in [6.07, 6.45) is 0.417. The van der Waals surface area contributed by atoms with Crippen LogP contribution >= 0.6 is 0 Å². The van der Waals surface area contributed by atoms with Crippen molar-refractivity contribution in [3.05, 3.63) is 89.5 Å². The van der Waals surface area contributed by atoms with Crippen molar-refractivity contribution in [2.75, 3.05) is 12.4 Å². The van der Waals surface area contributed by atoms with Crippen LogP contribution in [0, 0.1) is 11.8 Å². The summed E-state index contributed by atoms with van der Waals surface area (Å²) in [7, 11) is 1.55. The molecule has 3 aromatic carbocycles. The van der Waals surface area contributed by atoms with Crippen LogP contribution in [-0.2, 0) is 32.9 Å². The summed E-state index contributed by atoms with van der Waals surface area (Å²) in [5, 5.41) is 16.0. The maximum Gasteiger partial charge on any atom is 0.250 e. The molecule has 3 heterocycles. The fourth-order valence-electron chi connectivity index (χ4n) is 6.04. The summed E-state index contributed by atoms with van der Waals surface area (Å²) in [6.45, 7) is 0.0694. The van der Waals surface area contributed by atoms with Crippen molar-refractivity contribution in [1.82, 2.24) is 10.2 Å². The van der Waals surface area contributed by atoms with E-state index in [1.165, 1.54) is 4.90 Å². The van der Waals surface area contributed by atoms with Gasteiger partial charge in [-0.1, -0.05) is 48.5 Å². The summed E-state index contributed by atoms with van der Waals surface area (Å²) in [5.74, 6) is -1.88. The molecule has 0 radical (unpaired) electrons. The molecule has 36 heavy (non-hydrogen) atoms. The molecule has 0 aliphatic carbocycles. The van der Waals surface area contributed by atoms with E-state index >= 15 is 0 Å². The van der Waals surface area contributed by atoms with Crippen LogP contribution in [0.2, 0.25) is 0 Å². The molecule has 8 heteroatoms. The molecule has 3 aromatic rings. The van der Waals surface area contributed by atoms with Gasteiger partial charge in [-0.3, -0.25) is 24.6 Å². The Hall–Kier alpha value is -4.17. The lowest BCUT2D eigenvalue weighted by molar-refractivity contribution is -0.143. The van der Waals surface area contributed by atoms with Gasteiger partial charge in [0.15, 0.2) is 0 Å². The average Bonchev–Trinajstić information content (AvgIpc) is 3.46. The maximum absolute atomic E-state index is 14.0. The number of aromatic hydroxyl groups is 1. The Kier molecular flexibility index (Phi) is 5.08. The molecule has 0 unspecified atom stereocenters. The second-order valence-electron chi connectivity index (χ2n) is 9.51. The third-order valence-corrected chi connectivity index (χ3v) is 7.63. The molecular formula is C28H25N3O5. The van der Waals surface area contributed by atoms with E-state index in [0.717, 1.165) is 11.1 Å². The van der Waals surface area contributed by atoms with E-state index in [2.05, 4.69) is 10.6 Å². The zero-order chi connectivity index (χ0) is 25.0. The number of ether oxygens (including phenoxy) is 1. The summed E-state index contributed by atoms with van der Waals surface area (Å²) in [6, 6.07) is 20.9. The van der Waals surface area contributed by atoms with Crippen LogP contribution in [0.15, 0.2) is 72.8 Å². The van der Waals surface area contributed by atoms with Crippen molar-refractivity contribution >= 4 is 23.4 Å². The topological polar surface area (TPSA) is 108 Å². The Labute approximate surface area is 207 Å². The number of likely N-dealkylation sites (tertiary alicyclic amines) is 1. The number of carbonyl (C=O) groups excluding carboxylic acids is 3. The molecule has 3 aliphatic rings. The summed E-state index contributed by atoms with van der Waals surface area (Å²) in [4.78, 5) is 42.7. The SMILES string of the molecule is COc1ccccc1CN1C(=O)[C@H]2[C@@H](C1=O)[C@@]1(N[C@@H]2Cc2ccc(O)cc2)C(=O)Nc2ccccc21. The third kappa shape index (κ3) is 3.14. The molecule has 4 atom stereocenters. The Morgan fingerprint density at radius 1 is 0.944 bits per heavy atom. The standard InChI is InChI=1S/C28H25N3O5/c1-36-22-9-5-2-6-17(22)15-31-25(33)23-21(14-16-10-12-18(32)13-11-16)30-28(24(23)26(31)34)19-7-3-4-8-20(19)29-27(28)35/h2-13,21,23-24,30,32H,14-15H2,1H3,(H,29,35)/t21-,23-,24+,28-/m1/s1. The van der Waals surface area contributed by atoms with Gasteiger partial charge in [-0.25, -0.2) is 0 Å². The Balaban J connectivity index is 1.43. The molecule has 3 N–H and O–H groups in total. The van der Waals surface area contributed by atoms with Crippen molar-refractivity contribution in [2.24, 2.45) is 11.8 Å². The van der Waals surface area contributed by atoms with E-state index in [1.807, 2.05) is 36.4 Å². The number of imide groups is 1. The number of carbonyl (C=O) groups is 3. The smallest absolute Gasteiger partial charge is 0.250 e. The lowest BCUT2D eigenvalue weighted by Crippen LogP contribution is -2.53. The first-order chi connectivity index (χ1) is 17.4. The molecule has 6 rings (SSSR count). The summed E-state index contributed by atoms with van der Waals surface area (Å²) in [5.41, 5.74) is 1.58. The molecule has 3 aliphatic heterocycles. The van der Waals surface area contributed by atoms with Gasteiger partial charge in [0.2, 0.25) is 17.7 Å². The molecule has 2 saturated heterocycles. The van der Waals surface area contributed by atoms with Crippen molar-refractivity contribution in [3.8, 4) is 11.5 Å². The fourth-order valence-corrected chi connectivity index (χ4v) is 6.04. The number of anilines is 1. The molecule has 1 spiro atoms. The highest BCUT2D eigenvalue weighted by Crippen LogP contribution is 2.53. The minimum absolute atomic E-state index is 0.0694.